The number of likely N-dealkylation sites (N-methyl/N-ethyl adjacent to an activating group) is 1. The number of nitrogens with zero attached hydrogens (tertiary/aromatic N) is 4. The Bertz CT molecular complexity index is 1110. The van der Waals surface area contributed by atoms with Crippen LogP contribution in [0.15, 0.2) is 36.5 Å². The van der Waals surface area contributed by atoms with E-state index in [0.717, 1.165) is 15.3 Å². The highest BCUT2D eigenvalue weighted by Gasteiger charge is 2.26. The van der Waals surface area contributed by atoms with Crippen LogP contribution in [0.3, 0.4) is 0 Å². The molecule has 0 saturated carbocycles. The molecule has 0 N–H and O–H groups in total. The van der Waals surface area contributed by atoms with Gasteiger partial charge in [-0.1, -0.05) is 17.4 Å². The predicted molar refractivity (Wildman–Crippen MR) is 116 cm³/mol. The number of benzene rings is 1. The van der Waals surface area contributed by atoms with Crippen molar-refractivity contribution in [2.24, 2.45) is 0 Å². The van der Waals surface area contributed by atoms with Gasteiger partial charge in [-0.15, -0.1) is 0 Å². The number of pyridine rings is 1. The number of methoxy groups -OCH3 is 2. The minimum atomic E-state index is -3.52. The van der Waals surface area contributed by atoms with Crippen molar-refractivity contribution in [3.63, 3.8) is 0 Å². The Morgan fingerprint density at radius 1 is 1.13 bits per heavy atom. The fourth-order valence-electron chi connectivity index (χ4n) is 2.70. The molecule has 160 valence electrons. The highest BCUT2D eigenvalue weighted by atomic mass is 32.2. The first-order valence-corrected chi connectivity index (χ1v) is 11.5. The van der Waals surface area contributed by atoms with Crippen molar-refractivity contribution in [2.75, 3.05) is 39.0 Å². The number of rotatable bonds is 8. The third-order valence-corrected chi connectivity index (χ3v) is 6.76. The molecular weight excluding hydrogens is 428 g/mol. The Balaban J connectivity index is 2.06. The van der Waals surface area contributed by atoms with Crippen LogP contribution in [-0.2, 0) is 21.4 Å². The summed E-state index contributed by atoms with van der Waals surface area (Å²) in [6.07, 6.45) is 2.68. The molecule has 2 heterocycles. The van der Waals surface area contributed by atoms with Gasteiger partial charge in [0.1, 0.15) is 21.7 Å². The molecule has 9 nitrogen and oxygen atoms in total. The van der Waals surface area contributed by atoms with Crippen LogP contribution in [-0.4, -0.2) is 62.7 Å². The molecule has 1 aromatic carbocycles. The molecule has 3 aromatic rings. The molecule has 0 aliphatic heterocycles. The van der Waals surface area contributed by atoms with Crippen LogP contribution in [0.4, 0.5) is 5.13 Å². The summed E-state index contributed by atoms with van der Waals surface area (Å²) in [4.78, 5) is 23.4. The Hall–Kier alpha value is -2.76. The van der Waals surface area contributed by atoms with Crippen LogP contribution in [0.1, 0.15) is 5.69 Å². The normalized spacial score (nSPS) is 11.6. The molecule has 0 aliphatic carbocycles. The fraction of sp³-hybridized carbons (Fsp3) is 0.316. The standard InChI is InChI=1S/C19H22N4O5S2/c1-22(30(4,25)26)12-16(24)23(11-13-7-5-6-10-20-13)19-21-17-14(27-2)8-9-15(28-3)18(17)29-19/h5-10H,11-12H2,1-4H3. The average molecular weight is 451 g/mol. The number of fused-ring (bicyclic) bond motifs is 1. The van der Waals surface area contributed by atoms with Gasteiger partial charge in [-0.3, -0.25) is 14.7 Å². The van der Waals surface area contributed by atoms with Crippen LogP contribution >= 0.6 is 11.3 Å². The quantitative estimate of drug-likeness (QED) is 0.518. The van der Waals surface area contributed by atoms with Crippen molar-refractivity contribution >= 4 is 42.6 Å². The summed E-state index contributed by atoms with van der Waals surface area (Å²) < 4.78 is 36.1. The lowest BCUT2D eigenvalue weighted by molar-refractivity contribution is -0.118. The van der Waals surface area contributed by atoms with E-state index in [1.807, 2.05) is 6.07 Å². The Morgan fingerprint density at radius 2 is 1.83 bits per heavy atom. The van der Waals surface area contributed by atoms with Gasteiger partial charge in [0.25, 0.3) is 0 Å². The first kappa shape index (κ1) is 21.9. The van der Waals surface area contributed by atoms with E-state index in [2.05, 4.69) is 9.97 Å². The summed E-state index contributed by atoms with van der Waals surface area (Å²) in [5, 5.41) is 0.394. The molecule has 11 heteroatoms. The highest BCUT2D eigenvalue weighted by molar-refractivity contribution is 7.88. The lowest BCUT2D eigenvalue weighted by Gasteiger charge is -2.22. The Morgan fingerprint density at radius 3 is 2.43 bits per heavy atom. The van der Waals surface area contributed by atoms with E-state index in [1.165, 1.54) is 30.4 Å². The second-order valence-electron chi connectivity index (χ2n) is 6.46. The number of hydrogen-bond donors (Lipinski definition) is 0. The number of thiazole rings is 1. The zero-order chi connectivity index (χ0) is 21.9. The number of amides is 1. The topological polar surface area (TPSA) is 102 Å². The van der Waals surface area contributed by atoms with Gasteiger partial charge < -0.3 is 9.47 Å². The smallest absolute Gasteiger partial charge is 0.244 e. The van der Waals surface area contributed by atoms with E-state index in [1.54, 1.807) is 37.6 Å². The monoisotopic (exact) mass is 450 g/mol. The summed E-state index contributed by atoms with van der Waals surface area (Å²) in [5.41, 5.74) is 1.21. The van der Waals surface area contributed by atoms with Crippen molar-refractivity contribution < 1.29 is 22.7 Å². The van der Waals surface area contributed by atoms with Crippen molar-refractivity contribution in [3.05, 3.63) is 42.2 Å². The number of carbonyl (C=O) groups excluding carboxylic acids is 1. The fourth-order valence-corrected chi connectivity index (χ4v) is 4.13. The number of sulfonamides is 1. The molecule has 0 fully saturated rings. The van der Waals surface area contributed by atoms with Gasteiger partial charge in [0.15, 0.2) is 5.13 Å². The molecule has 30 heavy (non-hydrogen) atoms. The van der Waals surface area contributed by atoms with Gasteiger partial charge in [0.2, 0.25) is 15.9 Å². The van der Waals surface area contributed by atoms with Crippen LogP contribution in [0.2, 0.25) is 0 Å². The SMILES string of the molecule is COc1ccc(OC)c2sc(N(Cc3ccccn3)C(=O)CN(C)S(C)(=O)=O)nc12. The molecule has 0 saturated heterocycles. The molecule has 0 bridgehead atoms. The van der Waals surface area contributed by atoms with E-state index in [9.17, 15) is 13.2 Å². The van der Waals surface area contributed by atoms with Crippen LogP contribution in [0, 0.1) is 0 Å². The third-order valence-electron chi connectivity index (χ3n) is 4.40. The average Bonchev–Trinajstić information content (AvgIpc) is 3.16. The summed E-state index contributed by atoms with van der Waals surface area (Å²) in [5.74, 6) is 0.727. The molecule has 0 atom stereocenters. The predicted octanol–water partition coefficient (Wildman–Crippen LogP) is 2.13. The third kappa shape index (κ3) is 4.69. The molecule has 0 radical (unpaired) electrons. The summed E-state index contributed by atoms with van der Waals surface area (Å²) >= 11 is 1.26. The largest absolute Gasteiger partial charge is 0.495 e. The lowest BCUT2D eigenvalue weighted by atomic mass is 10.3. The lowest BCUT2D eigenvalue weighted by Crippen LogP contribution is -2.40. The van der Waals surface area contributed by atoms with E-state index in [0.29, 0.717) is 27.8 Å². The van der Waals surface area contributed by atoms with Gasteiger partial charge in [-0.2, -0.15) is 4.31 Å². The molecule has 0 spiro atoms. The molecule has 0 aliphatic rings. The first-order valence-electron chi connectivity index (χ1n) is 8.87. The summed E-state index contributed by atoms with van der Waals surface area (Å²) in [6.45, 7) is -0.183. The molecular formula is C19H22N4O5S2. The second kappa shape index (κ2) is 8.94. The molecule has 0 unspecified atom stereocenters. The first-order chi connectivity index (χ1) is 14.2. The van der Waals surface area contributed by atoms with Crippen molar-refractivity contribution in [2.45, 2.75) is 6.54 Å². The number of hydrogen-bond acceptors (Lipinski definition) is 8. The van der Waals surface area contributed by atoms with E-state index >= 15 is 0 Å². The van der Waals surface area contributed by atoms with Gasteiger partial charge in [0.05, 0.1) is 39.3 Å². The van der Waals surface area contributed by atoms with Crippen LogP contribution < -0.4 is 14.4 Å². The van der Waals surface area contributed by atoms with Crippen molar-refractivity contribution in [3.8, 4) is 11.5 Å². The maximum atomic E-state index is 13.1. The second-order valence-corrected chi connectivity index (χ2v) is 9.53. The van der Waals surface area contributed by atoms with Gasteiger partial charge >= 0.3 is 0 Å². The molecule has 1 amide bonds. The summed E-state index contributed by atoms with van der Waals surface area (Å²) in [7, 11) is 0.932. The maximum Gasteiger partial charge on any atom is 0.244 e. The van der Waals surface area contributed by atoms with E-state index in [-0.39, 0.29) is 13.1 Å². The van der Waals surface area contributed by atoms with Gasteiger partial charge in [-0.05, 0) is 24.3 Å². The maximum absolute atomic E-state index is 13.1. The number of carbonyl (C=O) groups is 1. The summed E-state index contributed by atoms with van der Waals surface area (Å²) in [6, 6.07) is 8.89. The van der Waals surface area contributed by atoms with E-state index in [4.69, 9.17) is 9.47 Å². The van der Waals surface area contributed by atoms with Crippen molar-refractivity contribution in [1.82, 2.24) is 14.3 Å². The number of anilines is 1. The van der Waals surface area contributed by atoms with Crippen molar-refractivity contribution in [1.29, 1.82) is 0 Å². The van der Waals surface area contributed by atoms with Crippen LogP contribution in [0.25, 0.3) is 10.2 Å². The zero-order valence-corrected chi connectivity index (χ0v) is 18.7. The number of ether oxygens (including phenoxy) is 2. The van der Waals surface area contributed by atoms with Crippen LogP contribution in [0.5, 0.6) is 11.5 Å². The van der Waals surface area contributed by atoms with Gasteiger partial charge in [-0.25, -0.2) is 13.4 Å². The van der Waals surface area contributed by atoms with Gasteiger partial charge in [0, 0.05) is 13.2 Å². The molecule has 2 aromatic heterocycles. The Labute approximate surface area is 178 Å². The highest BCUT2D eigenvalue weighted by Crippen LogP contribution is 2.40. The minimum Gasteiger partial charge on any atom is -0.495 e. The Kier molecular flexibility index (Phi) is 6.54. The molecule has 3 rings (SSSR count). The minimum absolute atomic E-state index is 0.141. The van der Waals surface area contributed by atoms with E-state index < -0.39 is 15.9 Å². The zero-order valence-electron chi connectivity index (χ0n) is 17.0. The number of aromatic nitrogens is 2.